The molecule has 1 aliphatic carbocycles. The van der Waals surface area contributed by atoms with Crippen LogP contribution in [-0.4, -0.2) is 33.8 Å². The van der Waals surface area contributed by atoms with Crippen LogP contribution in [0.5, 0.6) is 0 Å². The van der Waals surface area contributed by atoms with Crippen molar-refractivity contribution in [1.82, 2.24) is 20.1 Å². The molecule has 0 unspecified atom stereocenters. The van der Waals surface area contributed by atoms with Gasteiger partial charge in [0.05, 0.1) is 11.1 Å². The van der Waals surface area contributed by atoms with Crippen molar-refractivity contribution in [3.8, 4) is 11.4 Å². The lowest BCUT2D eigenvalue weighted by molar-refractivity contribution is -0.128. The molecule has 3 heterocycles. The Hall–Kier alpha value is -2.28. The van der Waals surface area contributed by atoms with E-state index in [0.29, 0.717) is 12.5 Å². The predicted octanol–water partition coefficient (Wildman–Crippen LogP) is 3.53. The Kier molecular flexibility index (Phi) is 4.86. The van der Waals surface area contributed by atoms with Gasteiger partial charge in [0.25, 0.3) is 0 Å². The molecule has 154 valence electrons. The van der Waals surface area contributed by atoms with Crippen molar-refractivity contribution in [2.75, 3.05) is 18.4 Å². The van der Waals surface area contributed by atoms with E-state index in [2.05, 4.69) is 25.4 Å². The van der Waals surface area contributed by atoms with Gasteiger partial charge in [0.2, 0.25) is 5.91 Å². The second kappa shape index (κ2) is 7.52. The van der Waals surface area contributed by atoms with E-state index in [0.717, 1.165) is 68.8 Å². The number of nitrogens with zero attached hydrogens (tertiary/aromatic N) is 3. The molecule has 0 spiro atoms. The fourth-order valence-corrected chi connectivity index (χ4v) is 5.40. The number of halogens is 1. The maximum Gasteiger partial charge on any atom is 0.232 e. The van der Waals surface area contributed by atoms with Crippen molar-refractivity contribution >= 4 is 11.6 Å². The van der Waals surface area contributed by atoms with Gasteiger partial charge in [-0.1, -0.05) is 19.3 Å². The van der Waals surface area contributed by atoms with Crippen LogP contribution in [0.1, 0.15) is 50.8 Å². The molecule has 2 fully saturated rings. The number of carbonyl (C=O) groups excluding carboxylic acids is 1. The number of benzene rings is 1. The van der Waals surface area contributed by atoms with Crippen LogP contribution in [0.25, 0.3) is 11.4 Å². The summed E-state index contributed by atoms with van der Waals surface area (Å²) < 4.78 is 16.8. The fraction of sp³-hybridized carbons (Fsp3) is 0.591. The van der Waals surface area contributed by atoms with E-state index in [-0.39, 0.29) is 11.6 Å². The molecule has 1 aromatic heterocycles. The van der Waals surface area contributed by atoms with Crippen molar-refractivity contribution < 1.29 is 9.18 Å². The number of fused-ring (bicyclic) bond motifs is 2. The van der Waals surface area contributed by atoms with E-state index in [9.17, 15) is 9.18 Å². The molecule has 0 bridgehead atoms. The van der Waals surface area contributed by atoms with Gasteiger partial charge in [-0.3, -0.25) is 4.79 Å². The van der Waals surface area contributed by atoms with Gasteiger partial charge >= 0.3 is 0 Å². The quantitative estimate of drug-likeness (QED) is 0.831. The number of aromatic nitrogens is 3. The number of nitrogens with one attached hydrogen (secondary N) is 2. The molecule has 7 heteroatoms. The predicted molar refractivity (Wildman–Crippen MR) is 109 cm³/mol. The zero-order valence-corrected chi connectivity index (χ0v) is 16.7. The summed E-state index contributed by atoms with van der Waals surface area (Å²) in [5.41, 5.74) is 0.626. The molecule has 1 amide bonds. The zero-order valence-electron chi connectivity index (χ0n) is 16.7. The fourth-order valence-electron chi connectivity index (χ4n) is 5.40. The van der Waals surface area contributed by atoms with Crippen molar-refractivity contribution in [3.63, 3.8) is 0 Å². The van der Waals surface area contributed by atoms with Crippen molar-refractivity contribution in [2.45, 2.75) is 57.9 Å². The lowest BCUT2D eigenvalue weighted by Crippen LogP contribution is -2.44. The molecule has 1 saturated heterocycles. The summed E-state index contributed by atoms with van der Waals surface area (Å²) in [5, 5.41) is 15.0. The average Bonchev–Trinajstić information content (AvgIpc) is 3.28. The second-order valence-corrected chi connectivity index (χ2v) is 8.78. The summed E-state index contributed by atoms with van der Waals surface area (Å²) in [6, 6.07) is 4.87. The average molecular weight is 397 g/mol. The van der Waals surface area contributed by atoms with Crippen LogP contribution >= 0.6 is 0 Å². The van der Waals surface area contributed by atoms with E-state index in [1.54, 1.807) is 12.1 Å². The van der Waals surface area contributed by atoms with E-state index >= 15 is 0 Å². The SMILES string of the molecule is O=C(Nc1cc(-c2nnc3n2CCCCC3)ccc1F)[C@@]12CCCC[C@H]1CNC2. The Morgan fingerprint density at radius 3 is 3.07 bits per heavy atom. The number of anilines is 1. The molecular weight excluding hydrogens is 369 g/mol. The Balaban J connectivity index is 1.43. The zero-order chi connectivity index (χ0) is 19.8. The normalized spacial score (nSPS) is 26.4. The lowest BCUT2D eigenvalue weighted by Gasteiger charge is -2.37. The van der Waals surface area contributed by atoms with Gasteiger partial charge in [-0.15, -0.1) is 10.2 Å². The van der Waals surface area contributed by atoms with Gasteiger partial charge in [-0.25, -0.2) is 4.39 Å². The Morgan fingerprint density at radius 1 is 1.21 bits per heavy atom. The summed E-state index contributed by atoms with van der Waals surface area (Å²) in [6.45, 7) is 2.44. The van der Waals surface area contributed by atoms with Crippen LogP contribution in [0.4, 0.5) is 10.1 Å². The number of rotatable bonds is 3. The minimum Gasteiger partial charge on any atom is -0.323 e. The number of carbonyl (C=O) groups is 1. The van der Waals surface area contributed by atoms with Gasteiger partial charge in [0, 0.05) is 25.1 Å². The summed E-state index contributed by atoms with van der Waals surface area (Å²) in [7, 11) is 0. The third-order valence-electron chi connectivity index (χ3n) is 7.07. The molecule has 5 rings (SSSR count). The van der Waals surface area contributed by atoms with Gasteiger partial charge < -0.3 is 15.2 Å². The van der Waals surface area contributed by atoms with E-state index < -0.39 is 11.2 Å². The molecule has 2 atom stereocenters. The minimum absolute atomic E-state index is 0.0525. The molecular formula is C22H28FN5O. The molecule has 1 saturated carbocycles. The first-order valence-corrected chi connectivity index (χ1v) is 10.9. The summed E-state index contributed by atoms with van der Waals surface area (Å²) in [4.78, 5) is 13.2. The molecule has 2 N–H and O–H groups in total. The summed E-state index contributed by atoms with van der Waals surface area (Å²) >= 11 is 0. The molecule has 6 nitrogen and oxygen atoms in total. The van der Waals surface area contributed by atoms with Gasteiger partial charge in [0.1, 0.15) is 11.6 Å². The molecule has 3 aliphatic rings. The summed E-state index contributed by atoms with van der Waals surface area (Å²) in [5.74, 6) is 1.63. The topological polar surface area (TPSA) is 71.8 Å². The number of aryl methyl sites for hydroxylation is 1. The smallest absolute Gasteiger partial charge is 0.232 e. The van der Waals surface area contributed by atoms with Gasteiger partial charge in [-0.2, -0.15) is 0 Å². The number of hydrogen-bond donors (Lipinski definition) is 2. The molecule has 29 heavy (non-hydrogen) atoms. The van der Waals surface area contributed by atoms with Crippen molar-refractivity contribution in [3.05, 3.63) is 29.8 Å². The third-order valence-corrected chi connectivity index (χ3v) is 7.07. The van der Waals surface area contributed by atoms with Crippen LogP contribution in [-0.2, 0) is 17.8 Å². The van der Waals surface area contributed by atoms with E-state index in [1.807, 2.05) is 0 Å². The standard InChI is InChI=1S/C22H28FN5O/c23-17-9-8-15(20-27-26-19-7-2-1-5-11-28(19)20)12-18(17)25-21(29)22-10-4-3-6-16(22)13-24-14-22/h8-9,12,16,24H,1-7,10-11,13-14H2,(H,25,29)/t16-,22+/m0/s1. The van der Waals surface area contributed by atoms with Crippen molar-refractivity contribution in [2.24, 2.45) is 11.3 Å². The van der Waals surface area contributed by atoms with Gasteiger partial charge in [-0.05, 0) is 56.3 Å². The molecule has 2 aromatic rings. The van der Waals surface area contributed by atoms with Crippen LogP contribution in [0, 0.1) is 17.2 Å². The number of hydrogen-bond acceptors (Lipinski definition) is 4. The monoisotopic (exact) mass is 397 g/mol. The minimum atomic E-state index is -0.410. The lowest BCUT2D eigenvalue weighted by atomic mass is 9.67. The van der Waals surface area contributed by atoms with Crippen molar-refractivity contribution in [1.29, 1.82) is 0 Å². The molecule has 2 aliphatic heterocycles. The Bertz CT molecular complexity index is 926. The van der Waals surface area contributed by atoms with E-state index in [1.165, 1.54) is 18.9 Å². The maximum atomic E-state index is 14.6. The van der Waals surface area contributed by atoms with E-state index in [4.69, 9.17) is 0 Å². The molecule has 0 radical (unpaired) electrons. The highest BCUT2D eigenvalue weighted by molar-refractivity contribution is 5.96. The van der Waals surface area contributed by atoms with Crippen LogP contribution in [0.2, 0.25) is 0 Å². The first-order valence-electron chi connectivity index (χ1n) is 10.9. The third kappa shape index (κ3) is 3.25. The number of amides is 1. The highest BCUT2D eigenvalue weighted by Gasteiger charge is 2.49. The largest absolute Gasteiger partial charge is 0.323 e. The van der Waals surface area contributed by atoms with Crippen LogP contribution < -0.4 is 10.6 Å². The van der Waals surface area contributed by atoms with Gasteiger partial charge in [0.15, 0.2) is 5.82 Å². The Labute approximate surface area is 170 Å². The van der Waals surface area contributed by atoms with Crippen LogP contribution in [0.3, 0.4) is 0 Å². The molecule has 1 aromatic carbocycles. The maximum absolute atomic E-state index is 14.6. The Morgan fingerprint density at radius 2 is 2.14 bits per heavy atom. The first-order chi connectivity index (χ1) is 14.2. The highest BCUT2D eigenvalue weighted by atomic mass is 19.1. The first kappa shape index (κ1) is 18.7. The second-order valence-electron chi connectivity index (χ2n) is 8.78. The van der Waals surface area contributed by atoms with Crippen LogP contribution in [0.15, 0.2) is 18.2 Å². The highest BCUT2D eigenvalue weighted by Crippen LogP contribution is 2.44. The summed E-state index contributed by atoms with van der Waals surface area (Å²) in [6.07, 6.45) is 8.49.